The number of rotatable bonds is 1. The first-order chi connectivity index (χ1) is 5.57. The van der Waals surface area contributed by atoms with Crippen LogP contribution in [0.2, 0.25) is 0 Å². The van der Waals surface area contributed by atoms with Crippen molar-refractivity contribution in [3.63, 3.8) is 0 Å². The van der Waals surface area contributed by atoms with E-state index in [9.17, 15) is 0 Å². The fourth-order valence-corrected chi connectivity index (χ4v) is 1.60. The Morgan fingerprint density at radius 2 is 2.17 bits per heavy atom. The van der Waals surface area contributed by atoms with Gasteiger partial charge in [-0.25, -0.2) is 0 Å². The van der Waals surface area contributed by atoms with Gasteiger partial charge in [0.05, 0.1) is 0 Å². The van der Waals surface area contributed by atoms with Gasteiger partial charge in [-0.2, -0.15) is 0 Å². The zero-order valence-corrected chi connectivity index (χ0v) is 8.78. The van der Waals surface area contributed by atoms with Crippen LogP contribution in [0.1, 0.15) is 47.0 Å². The summed E-state index contributed by atoms with van der Waals surface area (Å²) in [6.45, 7) is 9.03. The summed E-state index contributed by atoms with van der Waals surface area (Å²) in [7, 11) is 0. The van der Waals surface area contributed by atoms with Gasteiger partial charge in [-0.15, -0.1) is 0 Å². The van der Waals surface area contributed by atoms with Crippen LogP contribution in [0.25, 0.3) is 0 Å². The maximum Gasteiger partial charge on any atom is -0.0143 e. The van der Waals surface area contributed by atoms with Crippen molar-refractivity contribution >= 4 is 0 Å². The van der Waals surface area contributed by atoms with Crippen LogP contribution in [0, 0.1) is 5.41 Å². The fraction of sp³-hybridized carbons (Fsp3) is 0.667. The molecule has 0 aromatic carbocycles. The predicted octanol–water partition coefficient (Wildman–Crippen LogP) is 4.09. The van der Waals surface area contributed by atoms with E-state index >= 15 is 0 Å². The van der Waals surface area contributed by atoms with E-state index in [0.717, 1.165) is 0 Å². The van der Waals surface area contributed by atoms with Gasteiger partial charge in [0, 0.05) is 0 Å². The molecule has 0 N–H and O–H groups in total. The first-order valence-corrected chi connectivity index (χ1v) is 4.93. The van der Waals surface area contributed by atoms with Gasteiger partial charge in [0.15, 0.2) is 0 Å². The van der Waals surface area contributed by atoms with Crippen molar-refractivity contribution in [1.82, 2.24) is 0 Å². The van der Waals surface area contributed by atoms with Crippen LogP contribution in [-0.2, 0) is 0 Å². The lowest BCUT2D eigenvalue weighted by Crippen LogP contribution is -2.15. The molecule has 0 fully saturated rings. The summed E-state index contributed by atoms with van der Waals surface area (Å²) in [6.07, 6.45) is 8.56. The molecule has 0 aromatic rings. The number of hydrogen-bond acceptors (Lipinski definition) is 0. The standard InChI is InChI=1S/C12H20/c1-5-12(4)8-6-11(7-9-12)10(2)3/h6,8H,5,7,9H2,1-4H3. The quantitative estimate of drug-likeness (QED) is 0.547. The summed E-state index contributed by atoms with van der Waals surface area (Å²) in [5.41, 5.74) is 3.49. The molecular weight excluding hydrogens is 144 g/mol. The normalized spacial score (nSPS) is 29.2. The van der Waals surface area contributed by atoms with Crippen LogP contribution in [-0.4, -0.2) is 0 Å². The van der Waals surface area contributed by atoms with Gasteiger partial charge < -0.3 is 0 Å². The second-order valence-electron chi connectivity index (χ2n) is 4.37. The average molecular weight is 164 g/mol. The third-order valence-electron chi connectivity index (χ3n) is 3.10. The van der Waals surface area contributed by atoms with Crippen molar-refractivity contribution in [3.8, 4) is 0 Å². The van der Waals surface area contributed by atoms with Crippen molar-refractivity contribution in [2.45, 2.75) is 47.0 Å². The monoisotopic (exact) mass is 164 g/mol. The maximum absolute atomic E-state index is 2.39. The highest BCUT2D eigenvalue weighted by Gasteiger charge is 2.21. The van der Waals surface area contributed by atoms with Crippen LogP contribution in [0.5, 0.6) is 0 Å². The lowest BCUT2D eigenvalue weighted by molar-refractivity contribution is 0.368. The van der Waals surface area contributed by atoms with Crippen molar-refractivity contribution in [3.05, 3.63) is 23.3 Å². The fourth-order valence-electron chi connectivity index (χ4n) is 1.60. The smallest absolute Gasteiger partial charge is 0.0143 e. The molecule has 0 bridgehead atoms. The minimum atomic E-state index is 0.471. The van der Waals surface area contributed by atoms with E-state index in [1.807, 2.05) is 0 Å². The van der Waals surface area contributed by atoms with E-state index in [1.165, 1.54) is 24.8 Å². The largest absolute Gasteiger partial charge is 0.0783 e. The molecule has 0 spiro atoms. The van der Waals surface area contributed by atoms with Gasteiger partial charge in [0.1, 0.15) is 0 Å². The van der Waals surface area contributed by atoms with Crippen LogP contribution in [0.4, 0.5) is 0 Å². The lowest BCUT2D eigenvalue weighted by Gasteiger charge is -2.28. The van der Waals surface area contributed by atoms with Crippen LogP contribution >= 0.6 is 0 Å². The third kappa shape index (κ3) is 2.00. The third-order valence-corrected chi connectivity index (χ3v) is 3.10. The Balaban J connectivity index is 2.78. The predicted molar refractivity (Wildman–Crippen MR) is 55.1 cm³/mol. The lowest BCUT2D eigenvalue weighted by atomic mass is 9.77. The van der Waals surface area contributed by atoms with Gasteiger partial charge in [-0.1, -0.05) is 31.6 Å². The topological polar surface area (TPSA) is 0 Å². The van der Waals surface area contributed by atoms with Gasteiger partial charge >= 0.3 is 0 Å². The van der Waals surface area contributed by atoms with Crippen molar-refractivity contribution in [1.29, 1.82) is 0 Å². The Kier molecular flexibility index (Phi) is 2.76. The molecule has 1 aliphatic rings. The second kappa shape index (κ2) is 3.47. The molecule has 12 heavy (non-hydrogen) atoms. The number of hydrogen-bond donors (Lipinski definition) is 0. The van der Waals surface area contributed by atoms with Gasteiger partial charge in [0.25, 0.3) is 0 Å². The van der Waals surface area contributed by atoms with Gasteiger partial charge in [-0.3, -0.25) is 0 Å². The molecule has 0 nitrogen and oxygen atoms in total. The summed E-state index contributed by atoms with van der Waals surface area (Å²) < 4.78 is 0. The highest BCUT2D eigenvalue weighted by molar-refractivity contribution is 5.28. The van der Waals surface area contributed by atoms with Crippen molar-refractivity contribution in [2.75, 3.05) is 0 Å². The molecule has 0 aromatic heterocycles. The Morgan fingerprint density at radius 3 is 2.50 bits per heavy atom. The van der Waals surface area contributed by atoms with Crippen LogP contribution in [0.15, 0.2) is 23.3 Å². The molecule has 1 unspecified atom stereocenters. The average Bonchev–Trinajstić information content (AvgIpc) is 2.05. The summed E-state index contributed by atoms with van der Waals surface area (Å²) in [4.78, 5) is 0. The molecule has 0 radical (unpaired) electrons. The summed E-state index contributed by atoms with van der Waals surface area (Å²) >= 11 is 0. The van der Waals surface area contributed by atoms with Crippen LogP contribution < -0.4 is 0 Å². The molecule has 1 aliphatic carbocycles. The molecule has 0 saturated carbocycles. The van der Waals surface area contributed by atoms with Gasteiger partial charge in [-0.05, 0) is 44.1 Å². The molecule has 0 heterocycles. The molecule has 1 rings (SSSR count). The van der Waals surface area contributed by atoms with Gasteiger partial charge in [0.2, 0.25) is 0 Å². The number of allylic oxidation sites excluding steroid dienone is 4. The van der Waals surface area contributed by atoms with E-state index in [2.05, 4.69) is 39.8 Å². The maximum atomic E-state index is 2.39. The molecule has 1 atom stereocenters. The molecule has 0 saturated heterocycles. The van der Waals surface area contributed by atoms with Crippen molar-refractivity contribution < 1.29 is 0 Å². The molecule has 0 amide bonds. The first-order valence-electron chi connectivity index (χ1n) is 4.93. The molecule has 0 aliphatic heterocycles. The summed E-state index contributed by atoms with van der Waals surface area (Å²) in [6, 6.07) is 0. The van der Waals surface area contributed by atoms with E-state index in [4.69, 9.17) is 0 Å². The summed E-state index contributed by atoms with van der Waals surface area (Å²) in [5.74, 6) is 0. The molecular formula is C12H20. The van der Waals surface area contributed by atoms with E-state index < -0.39 is 0 Å². The highest BCUT2D eigenvalue weighted by Crippen LogP contribution is 2.36. The molecule has 0 heteroatoms. The zero-order valence-electron chi connectivity index (χ0n) is 8.78. The minimum Gasteiger partial charge on any atom is -0.0783 e. The van der Waals surface area contributed by atoms with Crippen LogP contribution in [0.3, 0.4) is 0 Å². The molecule has 68 valence electrons. The van der Waals surface area contributed by atoms with E-state index in [-0.39, 0.29) is 0 Å². The second-order valence-corrected chi connectivity index (χ2v) is 4.37. The van der Waals surface area contributed by atoms with E-state index in [0.29, 0.717) is 5.41 Å². The van der Waals surface area contributed by atoms with Crippen molar-refractivity contribution in [2.24, 2.45) is 5.41 Å². The first kappa shape index (κ1) is 9.57. The Labute approximate surface area is 76.4 Å². The minimum absolute atomic E-state index is 0.471. The Morgan fingerprint density at radius 1 is 1.50 bits per heavy atom. The Bertz CT molecular complexity index is 216. The summed E-state index contributed by atoms with van der Waals surface area (Å²) in [5, 5.41) is 0. The Hall–Kier alpha value is -0.520. The zero-order chi connectivity index (χ0) is 9.19. The van der Waals surface area contributed by atoms with E-state index in [1.54, 1.807) is 5.57 Å². The SMILES string of the molecule is CCC1(C)C=CC(=C(C)C)CC1. The highest BCUT2D eigenvalue weighted by atomic mass is 14.3.